The number of fused-ring (bicyclic) bond motifs is 6. The minimum absolute atomic E-state index is 0.212. The number of rotatable bonds is 4. The van der Waals surface area contributed by atoms with Gasteiger partial charge in [0.15, 0.2) is 0 Å². The second-order valence-corrected chi connectivity index (χ2v) is 9.18. The van der Waals surface area contributed by atoms with Gasteiger partial charge in [0, 0.05) is 24.4 Å². The number of pyridine rings is 1. The van der Waals surface area contributed by atoms with Crippen molar-refractivity contribution >= 4 is 41.3 Å². The van der Waals surface area contributed by atoms with Crippen molar-refractivity contribution in [3.05, 3.63) is 36.0 Å². The number of aromatic nitrogens is 1. The number of hydrogen-bond acceptors (Lipinski definition) is 8. The fourth-order valence-corrected chi connectivity index (χ4v) is 5.94. The Kier molecular flexibility index (Phi) is 4.27. The van der Waals surface area contributed by atoms with Gasteiger partial charge >= 0.3 is 0 Å². The summed E-state index contributed by atoms with van der Waals surface area (Å²) in [4.78, 5) is 32.8. The molecule has 1 N–H and O–H groups in total. The number of imide groups is 1. The van der Waals surface area contributed by atoms with Crippen LogP contribution in [0.5, 0.6) is 0 Å². The van der Waals surface area contributed by atoms with Crippen LogP contribution in [0.1, 0.15) is 32.3 Å². The van der Waals surface area contributed by atoms with Gasteiger partial charge in [-0.1, -0.05) is 0 Å². The van der Waals surface area contributed by atoms with Crippen molar-refractivity contribution < 1.29 is 23.6 Å². The van der Waals surface area contributed by atoms with Gasteiger partial charge in [-0.3, -0.25) is 14.6 Å². The van der Waals surface area contributed by atoms with Gasteiger partial charge in [-0.25, -0.2) is 4.90 Å². The minimum Gasteiger partial charge on any atom is -0.387 e. The first-order chi connectivity index (χ1) is 14.7. The summed E-state index contributed by atoms with van der Waals surface area (Å²) in [7, 11) is 0. The molecule has 0 spiro atoms. The molecule has 8 nitrogen and oxygen atoms in total. The Morgan fingerprint density at radius 2 is 2.06 bits per heavy atom. The monoisotopic (exact) mass is 439 g/mol. The molecule has 5 atom stereocenters. The van der Waals surface area contributed by atoms with E-state index >= 15 is 0 Å². The number of carbonyl (C=O) groups is 2. The van der Waals surface area contributed by atoms with E-state index in [0.29, 0.717) is 28.6 Å². The molecule has 0 radical (unpaired) electrons. The second kappa shape index (κ2) is 6.50. The van der Waals surface area contributed by atoms with Gasteiger partial charge in [-0.15, -0.1) is 0 Å². The average molecular weight is 439 g/mol. The zero-order valence-electron chi connectivity index (χ0n) is 17.0. The van der Waals surface area contributed by atoms with Crippen molar-refractivity contribution in [2.45, 2.75) is 43.5 Å². The number of thiol groups is 1. The van der Waals surface area contributed by atoms with Crippen LogP contribution in [-0.4, -0.2) is 45.3 Å². The SMILES string of the molecule is CC12OC(CCOS)(C[C@]1(C)O)[C@H]1C(=O)N(c3ccc(C#N)c4ncccc34)C(=O)[C@H]12. The largest absolute Gasteiger partial charge is 0.387 e. The molecule has 160 valence electrons. The molecule has 5 rings (SSSR count). The lowest BCUT2D eigenvalue weighted by Crippen LogP contribution is -2.56. The highest BCUT2D eigenvalue weighted by atomic mass is 32.1. The minimum atomic E-state index is -1.29. The Bertz CT molecular complexity index is 1180. The van der Waals surface area contributed by atoms with E-state index in [0.717, 1.165) is 0 Å². The number of hydrogen-bond donors (Lipinski definition) is 2. The van der Waals surface area contributed by atoms with Crippen LogP contribution in [0.2, 0.25) is 0 Å². The molecular weight excluding hydrogens is 418 g/mol. The highest BCUT2D eigenvalue weighted by molar-refractivity contribution is 7.75. The smallest absolute Gasteiger partial charge is 0.240 e. The molecule has 3 saturated heterocycles. The lowest BCUT2D eigenvalue weighted by atomic mass is 9.61. The number of ether oxygens (including phenoxy) is 1. The topological polar surface area (TPSA) is 113 Å². The van der Waals surface area contributed by atoms with Gasteiger partial charge in [-0.2, -0.15) is 5.26 Å². The molecule has 0 saturated carbocycles. The van der Waals surface area contributed by atoms with Gasteiger partial charge in [0.2, 0.25) is 11.8 Å². The first-order valence-electron chi connectivity index (χ1n) is 10.1. The van der Waals surface area contributed by atoms with Crippen molar-refractivity contribution in [3.8, 4) is 6.07 Å². The fourth-order valence-electron chi connectivity index (χ4n) is 5.85. The van der Waals surface area contributed by atoms with Crippen LogP contribution in [0, 0.1) is 23.2 Å². The highest BCUT2D eigenvalue weighted by Crippen LogP contribution is 2.65. The molecule has 2 aromatic rings. The first kappa shape index (κ1) is 20.4. The first-order valence-corrected chi connectivity index (χ1v) is 10.4. The molecule has 3 aliphatic heterocycles. The summed E-state index contributed by atoms with van der Waals surface area (Å²) in [5.74, 6) is -2.36. The molecule has 3 fully saturated rings. The number of benzene rings is 1. The highest BCUT2D eigenvalue weighted by Gasteiger charge is 2.80. The van der Waals surface area contributed by atoms with E-state index in [9.17, 15) is 20.0 Å². The van der Waals surface area contributed by atoms with Crippen LogP contribution in [0.4, 0.5) is 5.69 Å². The normalized spacial score (nSPS) is 36.3. The summed E-state index contributed by atoms with van der Waals surface area (Å²) in [5, 5.41) is 21.1. The predicted octanol–water partition coefficient (Wildman–Crippen LogP) is 2.15. The van der Waals surface area contributed by atoms with Gasteiger partial charge in [0.25, 0.3) is 0 Å². The molecule has 0 aliphatic carbocycles. The van der Waals surface area contributed by atoms with Gasteiger partial charge < -0.3 is 14.0 Å². The molecule has 31 heavy (non-hydrogen) atoms. The Balaban J connectivity index is 1.67. The van der Waals surface area contributed by atoms with Crippen LogP contribution in [0.15, 0.2) is 30.5 Å². The molecule has 4 heterocycles. The maximum atomic E-state index is 13.7. The Hall–Kier alpha value is -2.51. The summed E-state index contributed by atoms with van der Waals surface area (Å²) >= 11 is 3.80. The Morgan fingerprint density at radius 1 is 1.32 bits per heavy atom. The quantitative estimate of drug-likeness (QED) is 0.426. The van der Waals surface area contributed by atoms with E-state index in [1.165, 1.54) is 4.90 Å². The molecule has 9 heteroatoms. The van der Waals surface area contributed by atoms with Gasteiger partial charge in [0.05, 0.1) is 46.4 Å². The van der Waals surface area contributed by atoms with E-state index in [1.807, 2.05) is 0 Å². The number of nitrogens with zero attached hydrogens (tertiary/aromatic N) is 3. The van der Waals surface area contributed by atoms with Crippen molar-refractivity contribution in [2.24, 2.45) is 11.8 Å². The van der Waals surface area contributed by atoms with Crippen LogP contribution >= 0.6 is 12.9 Å². The standard InChI is InChI=1S/C22H21N3O5S/c1-20(28)11-22(7-9-29-31)16-15(21(20,2)30-22)18(26)25(19(16)27)14-6-5-12(10-23)17-13(14)4-3-8-24-17/h3-6,8,15-16,28,31H,7,9,11H2,1-2H3/t15-,16+,20-,21?,22?/m0/s1. The van der Waals surface area contributed by atoms with Crippen LogP contribution in [-0.2, 0) is 18.5 Å². The van der Waals surface area contributed by atoms with Gasteiger partial charge in [-0.05, 0) is 51.0 Å². The van der Waals surface area contributed by atoms with E-state index in [1.54, 1.807) is 44.3 Å². The summed E-state index contributed by atoms with van der Waals surface area (Å²) in [6.45, 7) is 3.56. The summed E-state index contributed by atoms with van der Waals surface area (Å²) in [5.41, 5.74) is -2.35. The lowest BCUT2D eigenvalue weighted by Gasteiger charge is -2.40. The Morgan fingerprint density at radius 3 is 2.77 bits per heavy atom. The van der Waals surface area contributed by atoms with Crippen molar-refractivity contribution in [2.75, 3.05) is 11.5 Å². The Labute approximate surface area is 184 Å². The summed E-state index contributed by atoms with van der Waals surface area (Å²) in [6, 6.07) is 8.70. The lowest BCUT2D eigenvalue weighted by molar-refractivity contribution is -0.144. The van der Waals surface area contributed by atoms with E-state index < -0.39 is 34.5 Å². The molecular formula is C22H21N3O5S. The molecule has 1 aromatic carbocycles. The summed E-state index contributed by atoms with van der Waals surface area (Å²) in [6.07, 6.45) is 2.11. The van der Waals surface area contributed by atoms with Crippen LogP contribution < -0.4 is 4.90 Å². The second-order valence-electron chi connectivity index (χ2n) is 8.92. The van der Waals surface area contributed by atoms with Crippen LogP contribution in [0.25, 0.3) is 10.9 Å². The molecule has 2 bridgehead atoms. The zero-order chi connectivity index (χ0) is 22.2. The van der Waals surface area contributed by atoms with Crippen molar-refractivity contribution in [3.63, 3.8) is 0 Å². The molecule has 2 amide bonds. The number of amides is 2. The maximum Gasteiger partial charge on any atom is 0.240 e. The number of carbonyl (C=O) groups excluding carboxylic acids is 2. The van der Waals surface area contributed by atoms with Crippen molar-refractivity contribution in [1.29, 1.82) is 5.26 Å². The molecule has 1 aromatic heterocycles. The summed E-state index contributed by atoms with van der Waals surface area (Å²) < 4.78 is 11.2. The van der Waals surface area contributed by atoms with E-state index in [-0.39, 0.29) is 18.9 Å². The maximum absolute atomic E-state index is 13.7. The third-order valence-corrected chi connectivity index (χ3v) is 7.50. The van der Waals surface area contributed by atoms with Crippen molar-refractivity contribution in [1.82, 2.24) is 4.98 Å². The molecule has 2 unspecified atom stereocenters. The number of aliphatic hydroxyl groups is 1. The van der Waals surface area contributed by atoms with E-state index in [4.69, 9.17) is 8.92 Å². The van der Waals surface area contributed by atoms with Gasteiger partial charge in [0.1, 0.15) is 11.7 Å². The molecule has 3 aliphatic rings. The predicted molar refractivity (Wildman–Crippen MR) is 113 cm³/mol. The average Bonchev–Trinajstić information content (AvgIpc) is 3.25. The number of anilines is 1. The zero-order valence-corrected chi connectivity index (χ0v) is 17.9. The fraction of sp³-hybridized carbons (Fsp3) is 0.455. The van der Waals surface area contributed by atoms with E-state index in [2.05, 4.69) is 24.0 Å². The third-order valence-electron chi connectivity index (χ3n) is 7.32. The van der Waals surface area contributed by atoms with Crippen LogP contribution in [0.3, 0.4) is 0 Å². The third kappa shape index (κ3) is 2.44. The number of nitriles is 1.